The molecule has 166 valence electrons. The lowest BCUT2D eigenvalue weighted by atomic mass is 10.1. The maximum atomic E-state index is 12.4. The lowest BCUT2D eigenvalue weighted by Crippen LogP contribution is -2.35. The molecule has 2 aromatic carbocycles. The molecule has 2 aromatic heterocycles. The molecule has 0 aliphatic carbocycles. The number of aryl methyl sites for hydroxylation is 1. The Labute approximate surface area is 197 Å². The van der Waals surface area contributed by atoms with E-state index in [0.29, 0.717) is 17.4 Å². The maximum absolute atomic E-state index is 12.4. The van der Waals surface area contributed by atoms with Crippen LogP contribution in [0.15, 0.2) is 59.0 Å². The molecule has 0 radical (unpaired) electrons. The molecular weight excluding hydrogens is 447 g/mol. The molecule has 6 nitrogen and oxygen atoms in total. The van der Waals surface area contributed by atoms with Crippen LogP contribution in [-0.4, -0.2) is 28.3 Å². The number of amides is 1. The molecule has 2 N–H and O–H groups in total. The van der Waals surface area contributed by atoms with Crippen LogP contribution in [0.25, 0.3) is 22.3 Å². The van der Waals surface area contributed by atoms with E-state index in [0.717, 1.165) is 52.9 Å². The standard InChI is InChI=1S/C24H23ClN4O2.ClH/c1-15-10-22(27-24(30)20-8-5-9-26-20)28-29(15)14-18-12-19(25)11-17-13-21(31-23(17)18)16-6-3-2-4-7-16;/h2-4,6-7,10-13,20,26H,5,8-9,14H2,1H3,(H,27,28,30);1H/t20-;/m0./s1. The number of carbonyl (C=O) groups excluding carboxylic acids is 1. The minimum atomic E-state index is -0.141. The van der Waals surface area contributed by atoms with E-state index in [1.54, 1.807) is 0 Å². The van der Waals surface area contributed by atoms with Crippen molar-refractivity contribution in [2.24, 2.45) is 0 Å². The first-order valence-corrected chi connectivity index (χ1v) is 10.8. The summed E-state index contributed by atoms with van der Waals surface area (Å²) in [5.41, 5.74) is 3.68. The molecule has 1 fully saturated rings. The van der Waals surface area contributed by atoms with Gasteiger partial charge in [-0.3, -0.25) is 9.48 Å². The van der Waals surface area contributed by atoms with Crippen LogP contribution in [0.4, 0.5) is 5.82 Å². The molecule has 1 saturated heterocycles. The fourth-order valence-electron chi connectivity index (χ4n) is 4.06. The van der Waals surface area contributed by atoms with Gasteiger partial charge in [0.05, 0.1) is 12.6 Å². The van der Waals surface area contributed by atoms with Crippen LogP contribution in [0.3, 0.4) is 0 Å². The first kappa shape index (κ1) is 22.4. The molecule has 8 heteroatoms. The fraction of sp³-hybridized carbons (Fsp3) is 0.250. The lowest BCUT2D eigenvalue weighted by Gasteiger charge is -2.09. The average molecular weight is 471 g/mol. The highest BCUT2D eigenvalue weighted by molar-refractivity contribution is 6.31. The van der Waals surface area contributed by atoms with E-state index in [9.17, 15) is 4.79 Å². The Kier molecular flexibility index (Phi) is 6.55. The summed E-state index contributed by atoms with van der Waals surface area (Å²) in [6, 6.07) is 17.6. The van der Waals surface area contributed by atoms with Crippen molar-refractivity contribution in [3.8, 4) is 11.3 Å². The number of anilines is 1. The van der Waals surface area contributed by atoms with Gasteiger partial charge in [0, 0.05) is 33.3 Å². The second-order valence-electron chi connectivity index (χ2n) is 7.93. The number of nitrogens with zero attached hydrogens (tertiary/aromatic N) is 2. The Balaban J connectivity index is 0.00000245. The lowest BCUT2D eigenvalue weighted by molar-refractivity contribution is -0.117. The van der Waals surface area contributed by atoms with Crippen LogP contribution in [0.1, 0.15) is 24.1 Å². The van der Waals surface area contributed by atoms with Crippen molar-refractivity contribution in [1.29, 1.82) is 0 Å². The molecule has 0 spiro atoms. The topological polar surface area (TPSA) is 72.1 Å². The first-order chi connectivity index (χ1) is 15.1. The number of rotatable bonds is 5. The fourth-order valence-corrected chi connectivity index (χ4v) is 4.31. The van der Waals surface area contributed by atoms with Gasteiger partial charge in [-0.15, -0.1) is 12.4 Å². The van der Waals surface area contributed by atoms with Crippen molar-refractivity contribution >= 4 is 46.7 Å². The van der Waals surface area contributed by atoms with Crippen LogP contribution in [0.2, 0.25) is 5.02 Å². The van der Waals surface area contributed by atoms with Crippen LogP contribution in [-0.2, 0) is 11.3 Å². The van der Waals surface area contributed by atoms with Crippen molar-refractivity contribution in [3.63, 3.8) is 0 Å². The van der Waals surface area contributed by atoms with Crippen molar-refractivity contribution in [2.75, 3.05) is 11.9 Å². The Bertz CT molecular complexity index is 1240. The van der Waals surface area contributed by atoms with Crippen molar-refractivity contribution in [2.45, 2.75) is 32.4 Å². The summed E-state index contributed by atoms with van der Waals surface area (Å²) >= 11 is 6.40. The maximum Gasteiger partial charge on any atom is 0.242 e. The molecule has 0 saturated carbocycles. The molecule has 1 aliphatic heterocycles. The third-order valence-corrected chi connectivity index (χ3v) is 5.86. The zero-order valence-electron chi connectivity index (χ0n) is 17.6. The number of hydrogen-bond donors (Lipinski definition) is 2. The van der Waals surface area contributed by atoms with E-state index >= 15 is 0 Å². The second kappa shape index (κ2) is 9.36. The molecular formula is C24H24Cl2N4O2. The Morgan fingerprint density at radius 2 is 2.06 bits per heavy atom. The van der Waals surface area contributed by atoms with Crippen LogP contribution < -0.4 is 10.6 Å². The van der Waals surface area contributed by atoms with Gasteiger partial charge in [0.15, 0.2) is 5.82 Å². The summed E-state index contributed by atoms with van der Waals surface area (Å²) in [7, 11) is 0. The number of nitrogens with one attached hydrogen (secondary N) is 2. The largest absolute Gasteiger partial charge is 0.456 e. The Morgan fingerprint density at radius 3 is 2.81 bits per heavy atom. The molecule has 0 bridgehead atoms. The Morgan fingerprint density at radius 1 is 1.25 bits per heavy atom. The number of carbonyl (C=O) groups is 1. The summed E-state index contributed by atoms with van der Waals surface area (Å²) in [5.74, 6) is 1.32. The minimum Gasteiger partial charge on any atom is -0.456 e. The third kappa shape index (κ3) is 4.53. The van der Waals surface area contributed by atoms with Gasteiger partial charge < -0.3 is 15.1 Å². The normalized spacial score (nSPS) is 15.6. The van der Waals surface area contributed by atoms with E-state index in [1.807, 2.05) is 66.2 Å². The molecule has 1 aliphatic rings. The van der Waals surface area contributed by atoms with Gasteiger partial charge in [-0.25, -0.2) is 0 Å². The van der Waals surface area contributed by atoms with E-state index in [-0.39, 0.29) is 24.4 Å². The van der Waals surface area contributed by atoms with Gasteiger partial charge in [0.1, 0.15) is 11.3 Å². The zero-order chi connectivity index (χ0) is 21.4. The number of hydrogen-bond acceptors (Lipinski definition) is 4. The average Bonchev–Trinajstić information content (AvgIpc) is 3.49. The highest BCUT2D eigenvalue weighted by Crippen LogP contribution is 2.32. The molecule has 5 rings (SSSR count). The monoisotopic (exact) mass is 470 g/mol. The van der Waals surface area contributed by atoms with Gasteiger partial charge in [0.2, 0.25) is 5.91 Å². The first-order valence-electron chi connectivity index (χ1n) is 10.4. The molecule has 32 heavy (non-hydrogen) atoms. The number of aromatic nitrogens is 2. The quantitative estimate of drug-likeness (QED) is 0.408. The summed E-state index contributed by atoms with van der Waals surface area (Å²) in [6.45, 7) is 3.34. The summed E-state index contributed by atoms with van der Waals surface area (Å²) in [4.78, 5) is 12.4. The van der Waals surface area contributed by atoms with E-state index in [4.69, 9.17) is 16.0 Å². The predicted molar refractivity (Wildman–Crippen MR) is 130 cm³/mol. The Hall–Kier alpha value is -2.80. The summed E-state index contributed by atoms with van der Waals surface area (Å²) in [5, 5.41) is 12.3. The van der Waals surface area contributed by atoms with Gasteiger partial charge >= 0.3 is 0 Å². The van der Waals surface area contributed by atoms with Crippen LogP contribution in [0.5, 0.6) is 0 Å². The molecule has 4 aromatic rings. The van der Waals surface area contributed by atoms with Gasteiger partial charge in [0.25, 0.3) is 0 Å². The molecule has 1 atom stereocenters. The van der Waals surface area contributed by atoms with Crippen molar-refractivity contribution in [3.05, 3.63) is 70.9 Å². The number of fused-ring (bicyclic) bond motifs is 1. The van der Waals surface area contributed by atoms with Gasteiger partial charge in [-0.05, 0) is 44.5 Å². The van der Waals surface area contributed by atoms with Crippen molar-refractivity contribution < 1.29 is 9.21 Å². The zero-order valence-corrected chi connectivity index (χ0v) is 19.2. The van der Waals surface area contributed by atoms with Crippen LogP contribution >= 0.6 is 24.0 Å². The number of benzene rings is 2. The molecule has 1 amide bonds. The van der Waals surface area contributed by atoms with E-state index in [1.165, 1.54) is 0 Å². The van der Waals surface area contributed by atoms with Gasteiger partial charge in [-0.1, -0.05) is 41.9 Å². The highest BCUT2D eigenvalue weighted by Gasteiger charge is 2.23. The number of halogens is 2. The summed E-state index contributed by atoms with van der Waals surface area (Å²) in [6.07, 6.45) is 1.87. The minimum absolute atomic E-state index is 0. The smallest absolute Gasteiger partial charge is 0.242 e. The summed E-state index contributed by atoms with van der Waals surface area (Å²) < 4.78 is 8.07. The van der Waals surface area contributed by atoms with Crippen molar-refractivity contribution in [1.82, 2.24) is 15.1 Å². The molecule has 3 heterocycles. The van der Waals surface area contributed by atoms with E-state index < -0.39 is 0 Å². The third-order valence-electron chi connectivity index (χ3n) is 5.65. The predicted octanol–water partition coefficient (Wildman–Crippen LogP) is 5.42. The highest BCUT2D eigenvalue weighted by atomic mass is 35.5. The van der Waals surface area contributed by atoms with Crippen LogP contribution in [0, 0.1) is 6.92 Å². The number of furan rings is 1. The second-order valence-corrected chi connectivity index (χ2v) is 8.36. The molecule has 0 unspecified atom stereocenters. The SMILES string of the molecule is Cc1cc(NC(=O)[C@@H]2CCCN2)nn1Cc1cc(Cl)cc2cc(-c3ccccc3)oc12.Cl. The van der Waals surface area contributed by atoms with Gasteiger partial charge in [-0.2, -0.15) is 5.10 Å². The van der Waals surface area contributed by atoms with E-state index in [2.05, 4.69) is 15.7 Å².